The van der Waals surface area contributed by atoms with E-state index in [0.717, 1.165) is 0 Å². The minimum absolute atomic E-state index is 0.0596. The highest BCUT2D eigenvalue weighted by molar-refractivity contribution is 5.47. The highest BCUT2D eigenvalue weighted by Gasteiger charge is 2.01. The first-order chi connectivity index (χ1) is 5.11. The number of rotatable bonds is 1. The third-order valence-corrected chi connectivity index (χ3v) is 1.37. The van der Waals surface area contributed by atoms with Gasteiger partial charge in [-0.2, -0.15) is 0 Å². The second-order valence-electron chi connectivity index (χ2n) is 2.46. The standard InChI is InChI=1S/C7H10FN3/c1-11(2)5-3-6(8)7(9)10-4-5/h3-4H,1-2H3,(H2,9,10). The molecule has 0 aliphatic carbocycles. The van der Waals surface area contributed by atoms with Crippen LogP contribution >= 0.6 is 0 Å². The Morgan fingerprint density at radius 3 is 2.64 bits per heavy atom. The molecule has 0 aliphatic rings. The quantitative estimate of drug-likeness (QED) is 0.654. The zero-order valence-electron chi connectivity index (χ0n) is 6.50. The summed E-state index contributed by atoms with van der Waals surface area (Å²) in [6.45, 7) is 0. The van der Waals surface area contributed by atoms with Crippen LogP contribution in [0.2, 0.25) is 0 Å². The number of nitrogens with zero attached hydrogens (tertiary/aromatic N) is 2. The zero-order chi connectivity index (χ0) is 8.43. The fraction of sp³-hybridized carbons (Fsp3) is 0.286. The molecule has 0 aromatic carbocycles. The van der Waals surface area contributed by atoms with Gasteiger partial charge in [0.2, 0.25) is 0 Å². The molecule has 0 atom stereocenters. The number of hydrogen-bond acceptors (Lipinski definition) is 3. The van der Waals surface area contributed by atoms with Gasteiger partial charge in [0.1, 0.15) is 0 Å². The monoisotopic (exact) mass is 155 g/mol. The van der Waals surface area contributed by atoms with Crippen molar-refractivity contribution < 1.29 is 4.39 Å². The van der Waals surface area contributed by atoms with Crippen molar-refractivity contribution in [2.75, 3.05) is 24.7 Å². The summed E-state index contributed by atoms with van der Waals surface area (Å²) < 4.78 is 12.7. The van der Waals surface area contributed by atoms with Crippen LogP contribution in [0.4, 0.5) is 15.9 Å². The Morgan fingerprint density at radius 1 is 1.55 bits per heavy atom. The van der Waals surface area contributed by atoms with Crippen molar-refractivity contribution in [2.24, 2.45) is 0 Å². The number of anilines is 2. The van der Waals surface area contributed by atoms with Gasteiger partial charge < -0.3 is 10.6 Å². The SMILES string of the molecule is CN(C)c1cnc(N)c(F)c1. The molecule has 1 rings (SSSR count). The Morgan fingerprint density at radius 2 is 2.18 bits per heavy atom. The third-order valence-electron chi connectivity index (χ3n) is 1.37. The van der Waals surface area contributed by atoms with Crippen LogP contribution in [0.15, 0.2) is 12.3 Å². The Kier molecular flexibility index (Phi) is 1.94. The van der Waals surface area contributed by atoms with E-state index in [0.29, 0.717) is 5.69 Å². The van der Waals surface area contributed by atoms with Crippen molar-refractivity contribution >= 4 is 11.5 Å². The molecule has 1 aromatic heterocycles. The van der Waals surface area contributed by atoms with E-state index in [1.165, 1.54) is 12.3 Å². The van der Waals surface area contributed by atoms with Gasteiger partial charge >= 0.3 is 0 Å². The molecule has 4 heteroatoms. The number of nitrogen functional groups attached to an aromatic ring is 1. The van der Waals surface area contributed by atoms with Gasteiger partial charge in [-0.05, 0) is 0 Å². The predicted octanol–water partition coefficient (Wildman–Crippen LogP) is 0.869. The molecule has 0 amide bonds. The van der Waals surface area contributed by atoms with Gasteiger partial charge in [-0.25, -0.2) is 9.37 Å². The van der Waals surface area contributed by atoms with Gasteiger partial charge in [-0.3, -0.25) is 0 Å². The van der Waals surface area contributed by atoms with Crippen LogP contribution in [0.5, 0.6) is 0 Å². The summed E-state index contributed by atoms with van der Waals surface area (Å²) in [6.07, 6.45) is 1.53. The van der Waals surface area contributed by atoms with Crippen LogP contribution in [-0.2, 0) is 0 Å². The summed E-state index contributed by atoms with van der Waals surface area (Å²) in [6, 6.07) is 1.35. The Hall–Kier alpha value is -1.32. The molecule has 0 spiro atoms. The molecule has 2 N–H and O–H groups in total. The van der Waals surface area contributed by atoms with Crippen molar-refractivity contribution in [2.45, 2.75) is 0 Å². The van der Waals surface area contributed by atoms with E-state index in [2.05, 4.69) is 4.98 Å². The summed E-state index contributed by atoms with van der Waals surface area (Å²) in [5.74, 6) is -0.535. The lowest BCUT2D eigenvalue weighted by molar-refractivity contribution is 0.627. The maximum atomic E-state index is 12.7. The van der Waals surface area contributed by atoms with E-state index < -0.39 is 5.82 Å². The van der Waals surface area contributed by atoms with Gasteiger partial charge in [0.15, 0.2) is 11.6 Å². The molecule has 1 heterocycles. The first kappa shape index (κ1) is 7.78. The van der Waals surface area contributed by atoms with Crippen molar-refractivity contribution in [3.8, 4) is 0 Å². The summed E-state index contributed by atoms with van der Waals surface area (Å²) in [5.41, 5.74) is 5.89. The van der Waals surface area contributed by atoms with Gasteiger partial charge in [0, 0.05) is 20.2 Å². The summed E-state index contributed by atoms with van der Waals surface area (Å²) >= 11 is 0. The van der Waals surface area contributed by atoms with E-state index in [1.54, 1.807) is 4.90 Å². The van der Waals surface area contributed by atoms with E-state index >= 15 is 0 Å². The maximum absolute atomic E-state index is 12.7. The van der Waals surface area contributed by atoms with Crippen LogP contribution in [0.1, 0.15) is 0 Å². The molecular formula is C7H10FN3. The van der Waals surface area contributed by atoms with Gasteiger partial charge in [-0.15, -0.1) is 0 Å². The number of nitrogens with two attached hydrogens (primary N) is 1. The molecule has 11 heavy (non-hydrogen) atoms. The highest BCUT2D eigenvalue weighted by atomic mass is 19.1. The molecule has 0 radical (unpaired) electrons. The number of aromatic nitrogens is 1. The lowest BCUT2D eigenvalue weighted by atomic mass is 10.4. The lowest BCUT2D eigenvalue weighted by Gasteiger charge is -2.11. The average Bonchev–Trinajstić information content (AvgIpc) is 1.94. The smallest absolute Gasteiger partial charge is 0.167 e. The number of pyridine rings is 1. The number of halogens is 1. The molecule has 0 saturated heterocycles. The molecule has 0 fully saturated rings. The van der Waals surface area contributed by atoms with Gasteiger partial charge in [-0.1, -0.05) is 0 Å². The second-order valence-corrected chi connectivity index (χ2v) is 2.46. The fourth-order valence-corrected chi connectivity index (χ4v) is 0.683. The first-order valence-corrected chi connectivity index (χ1v) is 3.19. The van der Waals surface area contributed by atoms with Crippen LogP contribution in [0, 0.1) is 5.82 Å². The average molecular weight is 155 g/mol. The van der Waals surface area contributed by atoms with Gasteiger partial charge in [0.05, 0.1) is 11.9 Å². The van der Waals surface area contributed by atoms with Crippen LogP contribution in [0.25, 0.3) is 0 Å². The Labute approximate surface area is 64.6 Å². The van der Waals surface area contributed by atoms with Crippen molar-refractivity contribution in [1.82, 2.24) is 4.98 Å². The predicted molar refractivity (Wildman–Crippen MR) is 42.9 cm³/mol. The van der Waals surface area contributed by atoms with E-state index in [-0.39, 0.29) is 5.82 Å². The van der Waals surface area contributed by atoms with Gasteiger partial charge in [0.25, 0.3) is 0 Å². The summed E-state index contributed by atoms with van der Waals surface area (Å²) in [4.78, 5) is 5.42. The normalized spacial score (nSPS) is 9.73. The Bertz CT molecular complexity index is 260. The summed E-state index contributed by atoms with van der Waals surface area (Å²) in [7, 11) is 3.62. The van der Waals surface area contributed by atoms with Crippen molar-refractivity contribution in [3.63, 3.8) is 0 Å². The van der Waals surface area contributed by atoms with Crippen LogP contribution in [-0.4, -0.2) is 19.1 Å². The minimum Gasteiger partial charge on any atom is -0.381 e. The third kappa shape index (κ3) is 1.58. The molecular weight excluding hydrogens is 145 g/mol. The molecule has 0 bridgehead atoms. The highest BCUT2D eigenvalue weighted by Crippen LogP contribution is 2.14. The molecule has 0 unspecified atom stereocenters. The van der Waals surface area contributed by atoms with Crippen molar-refractivity contribution in [3.05, 3.63) is 18.1 Å². The molecule has 60 valence electrons. The zero-order valence-corrected chi connectivity index (χ0v) is 6.50. The molecule has 0 aliphatic heterocycles. The molecule has 0 saturated carbocycles. The van der Waals surface area contributed by atoms with E-state index in [9.17, 15) is 4.39 Å². The Balaban J connectivity index is 3.05. The second kappa shape index (κ2) is 2.74. The van der Waals surface area contributed by atoms with Crippen LogP contribution in [0.3, 0.4) is 0 Å². The minimum atomic E-state index is -0.476. The molecule has 3 nitrogen and oxygen atoms in total. The first-order valence-electron chi connectivity index (χ1n) is 3.19. The van der Waals surface area contributed by atoms with Crippen molar-refractivity contribution in [1.29, 1.82) is 0 Å². The summed E-state index contributed by atoms with van der Waals surface area (Å²) in [5, 5.41) is 0. The number of hydrogen-bond donors (Lipinski definition) is 1. The van der Waals surface area contributed by atoms with E-state index in [1.807, 2.05) is 14.1 Å². The largest absolute Gasteiger partial charge is 0.381 e. The van der Waals surface area contributed by atoms with Crippen LogP contribution < -0.4 is 10.6 Å². The lowest BCUT2D eigenvalue weighted by Crippen LogP contribution is -2.10. The fourth-order valence-electron chi connectivity index (χ4n) is 0.683. The molecule has 1 aromatic rings. The maximum Gasteiger partial charge on any atom is 0.167 e. The topological polar surface area (TPSA) is 42.2 Å². The van der Waals surface area contributed by atoms with E-state index in [4.69, 9.17) is 5.73 Å².